The quantitative estimate of drug-likeness (QED) is 0.901. The van der Waals surface area contributed by atoms with Crippen molar-refractivity contribution in [2.24, 2.45) is 0 Å². The normalized spacial score (nSPS) is 22.9. The van der Waals surface area contributed by atoms with Crippen LogP contribution in [0.3, 0.4) is 0 Å². The molecule has 3 nitrogen and oxygen atoms in total. The maximum absolute atomic E-state index is 6.06. The second kappa shape index (κ2) is 5.82. The molecular weight excluding hydrogens is 284 g/mol. The molecule has 1 N–H and O–H groups in total. The third-order valence-electron chi connectivity index (χ3n) is 4.47. The van der Waals surface area contributed by atoms with Crippen molar-refractivity contribution < 1.29 is 4.52 Å². The molecule has 1 fully saturated rings. The van der Waals surface area contributed by atoms with Gasteiger partial charge in [0, 0.05) is 22.7 Å². The molecule has 1 aliphatic rings. The lowest BCUT2D eigenvalue weighted by Crippen LogP contribution is -2.41. The summed E-state index contributed by atoms with van der Waals surface area (Å²) < 4.78 is 5.25. The molecule has 112 valence electrons. The lowest BCUT2D eigenvalue weighted by Gasteiger charge is -2.38. The Morgan fingerprint density at radius 2 is 2.10 bits per heavy atom. The fourth-order valence-corrected chi connectivity index (χ4v) is 3.53. The molecule has 0 saturated heterocycles. The first-order valence-electron chi connectivity index (χ1n) is 7.49. The second-order valence-corrected chi connectivity index (χ2v) is 6.48. The van der Waals surface area contributed by atoms with E-state index < -0.39 is 0 Å². The Bertz CT molecular complexity index is 612. The second-order valence-electron chi connectivity index (χ2n) is 6.05. The highest BCUT2D eigenvalue weighted by molar-refractivity contribution is 6.30. The maximum atomic E-state index is 6.06. The average molecular weight is 305 g/mol. The standard InChI is InChI=1S/C17H21ClN2O/c1-10(17-11(2)20-21-12(17)3)19-16-8-14(9-16)13-5-4-6-15(18)7-13/h4-7,10,14,16,19H,8-9H2,1-3H3. The lowest BCUT2D eigenvalue weighted by molar-refractivity contribution is 0.270. The van der Waals surface area contributed by atoms with Crippen LogP contribution in [0.1, 0.15) is 54.3 Å². The number of aromatic nitrogens is 1. The summed E-state index contributed by atoms with van der Waals surface area (Å²) in [7, 11) is 0. The van der Waals surface area contributed by atoms with Gasteiger partial charge in [-0.05, 0) is 57.2 Å². The first kappa shape index (κ1) is 14.6. The maximum Gasteiger partial charge on any atom is 0.138 e. The van der Waals surface area contributed by atoms with Gasteiger partial charge >= 0.3 is 0 Å². The molecule has 1 aromatic carbocycles. The van der Waals surface area contributed by atoms with Crippen molar-refractivity contribution in [1.29, 1.82) is 0 Å². The summed E-state index contributed by atoms with van der Waals surface area (Å²) in [5.41, 5.74) is 3.53. The third-order valence-corrected chi connectivity index (χ3v) is 4.70. The molecule has 4 heteroatoms. The van der Waals surface area contributed by atoms with E-state index >= 15 is 0 Å². The van der Waals surface area contributed by atoms with Gasteiger partial charge in [-0.3, -0.25) is 0 Å². The van der Waals surface area contributed by atoms with Crippen LogP contribution in [0.15, 0.2) is 28.8 Å². The van der Waals surface area contributed by atoms with Gasteiger partial charge in [0.25, 0.3) is 0 Å². The molecule has 0 amide bonds. The largest absolute Gasteiger partial charge is 0.361 e. The lowest BCUT2D eigenvalue weighted by atomic mass is 9.75. The first-order valence-corrected chi connectivity index (χ1v) is 7.86. The smallest absolute Gasteiger partial charge is 0.138 e. The Morgan fingerprint density at radius 1 is 1.33 bits per heavy atom. The van der Waals surface area contributed by atoms with E-state index in [1.165, 1.54) is 11.1 Å². The van der Waals surface area contributed by atoms with Gasteiger partial charge in [0.15, 0.2) is 0 Å². The molecule has 3 rings (SSSR count). The molecule has 0 spiro atoms. The van der Waals surface area contributed by atoms with E-state index in [4.69, 9.17) is 16.1 Å². The predicted octanol–water partition coefficient (Wildman–Crippen LogP) is 4.54. The number of nitrogens with one attached hydrogen (secondary N) is 1. The predicted molar refractivity (Wildman–Crippen MR) is 84.7 cm³/mol. The van der Waals surface area contributed by atoms with Crippen LogP contribution in [0.4, 0.5) is 0 Å². The highest BCUT2D eigenvalue weighted by Gasteiger charge is 2.32. The van der Waals surface area contributed by atoms with Gasteiger partial charge in [-0.25, -0.2) is 0 Å². The highest BCUT2D eigenvalue weighted by Crippen LogP contribution is 2.38. The molecule has 1 aromatic heterocycles. The van der Waals surface area contributed by atoms with E-state index in [-0.39, 0.29) is 6.04 Å². The van der Waals surface area contributed by atoms with Crippen LogP contribution in [-0.4, -0.2) is 11.2 Å². The van der Waals surface area contributed by atoms with Crippen LogP contribution in [-0.2, 0) is 0 Å². The van der Waals surface area contributed by atoms with Gasteiger partial charge in [0.05, 0.1) is 5.69 Å². The van der Waals surface area contributed by atoms with Crippen molar-refractivity contribution >= 4 is 11.6 Å². The van der Waals surface area contributed by atoms with Crippen LogP contribution in [0, 0.1) is 13.8 Å². The molecule has 1 heterocycles. The van der Waals surface area contributed by atoms with Gasteiger partial charge in [0.1, 0.15) is 5.76 Å². The molecule has 21 heavy (non-hydrogen) atoms. The van der Waals surface area contributed by atoms with Crippen molar-refractivity contribution in [3.63, 3.8) is 0 Å². The molecule has 1 saturated carbocycles. The number of hydrogen-bond donors (Lipinski definition) is 1. The number of benzene rings is 1. The molecule has 1 unspecified atom stereocenters. The van der Waals surface area contributed by atoms with E-state index in [1.54, 1.807) is 0 Å². The number of rotatable bonds is 4. The zero-order valence-corrected chi connectivity index (χ0v) is 13.4. The van der Waals surface area contributed by atoms with Gasteiger partial charge in [-0.1, -0.05) is 28.9 Å². The topological polar surface area (TPSA) is 38.1 Å². The van der Waals surface area contributed by atoms with E-state index in [1.807, 2.05) is 26.0 Å². The minimum atomic E-state index is 0.279. The molecule has 0 radical (unpaired) electrons. The number of halogens is 1. The minimum absolute atomic E-state index is 0.279. The van der Waals surface area contributed by atoms with Crippen LogP contribution in [0.5, 0.6) is 0 Å². The van der Waals surface area contributed by atoms with Crippen molar-refractivity contribution in [2.45, 2.75) is 51.6 Å². The minimum Gasteiger partial charge on any atom is -0.361 e. The Hall–Kier alpha value is -1.32. The van der Waals surface area contributed by atoms with Gasteiger partial charge in [-0.2, -0.15) is 0 Å². The van der Waals surface area contributed by atoms with Gasteiger partial charge < -0.3 is 9.84 Å². The van der Waals surface area contributed by atoms with Crippen molar-refractivity contribution in [3.05, 3.63) is 51.9 Å². The summed E-state index contributed by atoms with van der Waals surface area (Å²) in [4.78, 5) is 0. The van der Waals surface area contributed by atoms with Crippen molar-refractivity contribution in [1.82, 2.24) is 10.5 Å². The first-order chi connectivity index (χ1) is 10.0. The molecule has 0 bridgehead atoms. The van der Waals surface area contributed by atoms with Gasteiger partial charge in [0.2, 0.25) is 0 Å². The Balaban J connectivity index is 1.58. The van der Waals surface area contributed by atoms with E-state index in [9.17, 15) is 0 Å². The van der Waals surface area contributed by atoms with Crippen LogP contribution >= 0.6 is 11.6 Å². The Labute approximate surface area is 130 Å². The Kier molecular flexibility index (Phi) is 4.05. The van der Waals surface area contributed by atoms with Crippen molar-refractivity contribution in [2.75, 3.05) is 0 Å². The number of nitrogens with zero attached hydrogens (tertiary/aromatic N) is 1. The van der Waals surface area contributed by atoms with E-state index in [0.717, 1.165) is 29.3 Å². The molecule has 1 aliphatic carbocycles. The number of hydrogen-bond acceptors (Lipinski definition) is 3. The average Bonchev–Trinajstić information content (AvgIpc) is 2.72. The zero-order valence-electron chi connectivity index (χ0n) is 12.7. The number of aryl methyl sites for hydroxylation is 2. The van der Waals surface area contributed by atoms with E-state index in [0.29, 0.717) is 12.0 Å². The third kappa shape index (κ3) is 2.99. The SMILES string of the molecule is Cc1noc(C)c1C(C)NC1CC(c2cccc(Cl)c2)C1. The zero-order chi connectivity index (χ0) is 15.0. The summed E-state index contributed by atoms with van der Waals surface area (Å²) in [6.07, 6.45) is 2.32. The summed E-state index contributed by atoms with van der Waals surface area (Å²) in [5.74, 6) is 1.54. The highest BCUT2D eigenvalue weighted by atomic mass is 35.5. The molecular formula is C17H21ClN2O. The fraction of sp³-hybridized carbons (Fsp3) is 0.471. The molecule has 0 aliphatic heterocycles. The van der Waals surface area contributed by atoms with E-state index in [2.05, 4.69) is 29.5 Å². The summed E-state index contributed by atoms with van der Waals surface area (Å²) in [6.45, 7) is 6.15. The monoisotopic (exact) mass is 304 g/mol. The van der Waals surface area contributed by atoms with Crippen LogP contribution < -0.4 is 5.32 Å². The Morgan fingerprint density at radius 3 is 2.71 bits per heavy atom. The summed E-state index contributed by atoms with van der Waals surface area (Å²) >= 11 is 6.06. The van der Waals surface area contributed by atoms with Crippen molar-refractivity contribution in [3.8, 4) is 0 Å². The van der Waals surface area contributed by atoms with Crippen LogP contribution in [0.25, 0.3) is 0 Å². The van der Waals surface area contributed by atoms with Crippen LogP contribution in [0.2, 0.25) is 5.02 Å². The molecule has 1 atom stereocenters. The molecule has 2 aromatic rings. The fourth-order valence-electron chi connectivity index (χ4n) is 3.33. The summed E-state index contributed by atoms with van der Waals surface area (Å²) in [6, 6.07) is 9.05. The summed E-state index contributed by atoms with van der Waals surface area (Å²) in [5, 5.41) is 8.54. The van der Waals surface area contributed by atoms with Gasteiger partial charge in [-0.15, -0.1) is 0 Å².